The van der Waals surface area contributed by atoms with E-state index in [9.17, 15) is 4.39 Å². The number of benzene rings is 2. The van der Waals surface area contributed by atoms with Crippen molar-refractivity contribution >= 4 is 5.69 Å². The quantitative estimate of drug-likeness (QED) is 0.866. The van der Waals surface area contributed by atoms with Crippen molar-refractivity contribution in [3.63, 3.8) is 0 Å². The van der Waals surface area contributed by atoms with E-state index in [1.807, 2.05) is 31.2 Å². The van der Waals surface area contributed by atoms with Gasteiger partial charge in [-0.05, 0) is 41.8 Å². The molecule has 94 valence electrons. The molecule has 0 amide bonds. The Balaban J connectivity index is 2.10. The van der Waals surface area contributed by atoms with Crippen LogP contribution in [0.25, 0.3) is 0 Å². The Morgan fingerprint density at radius 3 is 2.67 bits per heavy atom. The first-order valence-corrected chi connectivity index (χ1v) is 5.88. The topological polar surface area (TPSA) is 32.3 Å². The fraction of sp³-hybridized carbons (Fsp3) is 0.200. The summed E-state index contributed by atoms with van der Waals surface area (Å²) in [4.78, 5) is 0. The second-order valence-corrected chi connectivity index (χ2v) is 4.29. The Morgan fingerprint density at radius 1 is 1.11 bits per heavy atom. The highest BCUT2D eigenvalue weighted by molar-refractivity contribution is 5.52. The van der Waals surface area contributed by atoms with Crippen LogP contribution in [0.4, 0.5) is 10.1 Å². The highest BCUT2D eigenvalue weighted by atomic mass is 19.1. The fourth-order valence-electron chi connectivity index (χ4n) is 1.80. The zero-order chi connectivity index (χ0) is 13.0. The average molecular weight is 245 g/mol. The van der Waals surface area contributed by atoms with E-state index in [4.69, 9.17) is 5.11 Å². The van der Waals surface area contributed by atoms with Crippen molar-refractivity contribution in [2.75, 3.05) is 5.32 Å². The van der Waals surface area contributed by atoms with Crippen molar-refractivity contribution in [3.05, 3.63) is 65.0 Å². The van der Waals surface area contributed by atoms with Crippen molar-refractivity contribution in [1.29, 1.82) is 0 Å². The first-order chi connectivity index (χ1) is 8.69. The van der Waals surface area contributed by atoms with Crippen LogP contribution in [0.3, 0.4) is 0 Å². The minimum Gasteiger partial charge on any atom is -0.392 e. The molecule has 0 aliphatic heterocycles. The van der Waals surface area contributed by atoms with Gasteiger partial charge in [0.25, 0.3) is 0 Å². The lowest BCUT2D eigenvalue weighted by Crippen LogP contribution is -2.02. The van der Waals surface area contributed by atoms with Crippen molar-refractivity contribution in [3.8, 4) is 0 Å². The van der Waals surface area contributed by atoms with Gasteiger partial charge in [0.05, 0.1) is 6.61 Å². The Morgan fingerprint density at radius 2 is 1.94 bits per heavy atom. The fourth-order valence-corrected chi connectivity index (χ4v) is 1.80. The van der Waals surface area contributed by atoms with Crippen LogP contribution >= 0.6 is 0 Å². The molecule has 2 rings (SSSR count). The van der Waals surface area contributed by atoms with Gasteiger partial charge in [0.1, 0.15) is 5.82 Å². The van der Waals surface area contributed by atoms with E-state index in [0.29, 0.717) is 6.54 Å². The van der Waals surface area contributed by atoms with Crippen LogP contribution in [0.5, 0.6) is 0 Å². The van der Waals surface area contributed by atoms with Gasteiger partial charge in [0.2, 0.25) is 0 Å². The number of nitrogens with one attached hydrogen (secondary N) is 1. The predicted molar refractivity (Wildman–Crippen MR) is 70.8 cm³/mol. The molecular weight excluding hydrogens is 229 g/mol. The van der Waals surface area contributed by atoms with Gasteiger partial charge in [-0.2, -0.15) is 0 Å². The van der Waals surface area contributed by atoms with Gasteiger partial charge in [0, 0.05) is 12.2 Å². The summed E-state index contributed by atoms with van der Waals surface area (Å²) in [6.45, 7) is 2.58. The molecule has 2 N–H and O–H groups in total. The summed E-state index contributed by atoms with van der Waals surface area (Å²) >= 11 is 0. The molecule has 0 spiro atoms. The standard InChI is InChI=1S/C15H16FNO/c1-11-5-6-13(10-18)8-15(11)17-9-12-3-2-4-14(16)7-12/h2-8,17-18H,9-10H2,1H3. The zero-order valence-corrected chi connectivity index (χ0v) is 10.3. The number of aliphatic hydroxyl groups is 1. The number of anilines is 1. The number of hydrogen-bond donors (Lipinski definition) is 2. The Labute approximate surface area is 106 Å². The molecular formula is C15H16FNO. The zero-order valence-electron chi connectivity index (χ0n) is 10.3. The predicted octanol–water partition coefficient (Wildman–Crippen LogP) is 3.24. The molecule has 0 saturated heterocycles. The molecule has 0 fully saturated rings. The summed E-state index contributed by atoms with van der Waals surface area (Å²) in [5.74, 6) is -0.227. The van der Waals surface area contributed by atoms with E-state index in [1.165, 1.54) is 12.1 Å². The maximum Gasteiger partial charge on any atom is 0.123 e. The van der Waals surface area contributed by atoms with E-state index < -0.39 is 0 Å². The highest BCUT2D eigenvalue weighted by Gasteiger charge is 2.01. The van der Waals surface area contributed by atoms with Crippen molar-refractivity contribution in [2.24, 2.45) is 0 Å². The maximum atomic E-state index is 13.0. The van der Waals surface area contributed by atoms with Crippen molar-refractivity contribution in [2.45, 2.75) is 20.1 Å². The number of halogens is 1. The number of rotatable bonds is 4. The summed E-state index contributed by atoms with van der Waals surface area (Å²) in [5.41, 5.74) is 3.82. The molecule has 0 bridgehead atoms. The third kappa shape index (κ3) is 3.08. The number of aliphatic hydroxyl groups excluding tert-OH is 1. The Kier molecular flexibility index (Phi) is 3.95. The van der Waals surface area contributed by atoms with E-state index in [0.717, 1.165) is 22.4 Å². The van der Waals surface area contributed by atoms with Crippen molar-refractivity contribution < 1.29 is 9.50 Å². The van der Waals surface area contributed by atoms with Crippen LogP contribution in [0.2, 0.25) is 0 Å². The third-order valence-corrected chi connectivity index (χ3v) is 2.86. The van der Waals surface area contributed by atoms with Gasteiger partial charge >= 0.3 is 0 Å². The lowest BCUT2D eigenvalue weighted by atomic mass is 10.1. The monoisotopic (exact) mass is 245 g/mol. The molecule has 2 aromatic carbocycles. The summed E-state index contributed by atoms with van der Waals surface area (Å²) in [6, 6.07) is 12.3. The largest absolute Gasteiger partial charge is 0.392 e. The smallest absolute Gasteiger partial charge is 0.123 e. The molecule has 0 aliphatic carbocycles. The minimum atomic E-state index is -0.227. The molecule has 2 nitrogen and oxygen atoms in total. The molecule has 0 saturated carbocycles. The van der Waals surface area contributed by atoms with Gasteiger partial charge in [-0.3, -0.25) is 0 Å². The van der Waals surface area contributed by atoms with Crippen LogP contribution in [-0.4, -0.2) is 5.11 Å². The van der Waals surface area contributed by atoms with E-state index in [-0.39, 0.29) is 12.4 Å². The SMILES string of the molecule is Cc1ccc(CO)cc1NCc1cccc(F)c1. The van der Waals surface area contributed by atoms with E-state index in [2.05, 4.69) is 5.32 Å². The average Bonchev–Trinajstić information content (AvgIpc) is 2.38. The van der Waals surface area contributed by atoms with Crippen LogP contribution in [0, 0.1) is 12.7 Å². The number of hydrogen-bond acceptors (Lipinski definition) is 2. The summed E-state index contributed by atoms with van der Waals surface area (Å²) in [5, 5.41) is 12.4. The van der Waals surface area contributed by atoms with Gasteiger partial charge < -0.3 is 10.4 Å². The number of aryl methyl sites for hydroxylation is 1. The second-order valence-electron chi connectivity index (χ2n) is 4.29. The maximum absolute atomic E-state index is 13.0. The van der Waals surface area contributed by atoms with E-state index in [1.54, 1.807) is 6.07 Å². The molecule has 0 radical (unpaired) electrons. The molecule has 18 heavy (non-hydrogen) atoms. The molecule has 0 atom stereocenters. The Hall–Kier alpha value is -1.87. The van der Waals surface area contributed by atoms with Gasteiger partial charge in [-0.15, -0.1) is 0 Å². The third-order valence-electron chi connectivity index (χ3n) is 2.86. The second kappa shape index (κ2) is 5.65. The van der Waals surface area contributed by atoms with Crippen LogP contribution in [0.1, 0.15) is 16.7 Å². The molecule has 0 unspecified atom stereocenters. The summed E-state index contributed by atoms with van der Waals surface area (Å²) in [6.07, 6.45) is 0. The molecule has 0 aliphatic rings. The lowest BCUT2D eigenvalue weighted by Gasteiger charge is -2.11. The van der Waals surface area contributed by atoms with Crippen LogP contribution in [-0.2, 0) is 13.2 Å². The van der Waals surface area contributed by atoms with Crippen LogP contribution in [0.15, 0.2) is 42.5 Å². The van der Waals surface area contributed by atoms with Gasteiger partial charge in [0.15, 0.2) is 0 Å². The summed E-state index contributed by atoms with van der Waals surface area (Å²) < 4.78 is 13.0. The van der Waals surface area contributed by atoms with Gasteiger partial charge in [-0.1, -0.05) is 24.3 Å². The van der Waals surface area contributed by atoms with E-state index >= 15 is 0 Å². The van der Waals surface area contributed by atoms with Crippen molar-refractivity contribution in [1.82, 2.24) is 0 Å². The summed E-state index contributed by atoms with van der Waals surface area (Å²) in [7, 11) is 0. The lowest BCUT2D eigenvalue weighted by molar-refractivity contribution is 0.282. The molecule has 2 aromatic rings. The van der Waals surface area contributed by atoms with Gasteiger partial charge in [-0.25, -0.2) is 4.39 Å². The minimum absolute atomic E-state index is 0.0227. The first kappa shape index (κ1) is 12.6. The normalized spacial score (nSPS) is 10.4. The van der Waals surface area contributed by atoms with Crippen LogP contribution < -0.4 is 5.32 Å². The molecule has 0 heterocycles. The first-order valence-electron chi connectivity index (χ1n) is 5.88. The molecule has 0 aromatic heterocycles. The molecule has 3 heteroatoms. The Bertz CT molecular complexity index is 540. The highest BCUT2D eigenvalue weighted by Crippen LogP contribution is 2.18.